The van der Waals surface area contributed by atoms with Crippen molar-refractivity contribution in [1.29, 1.82) is 0 Å². The van der Waals surface area contributed by atoms with Gasteiger partial charge in [0.15, 0.2) is 0 Å². The minimum atomic E-state index is -0.780. The van der Waals surface area contributed by atoms with Crippen molar-refractivity contribution in [2.45, 2.75) is 31.8 Å². The van der Waals surface area contributed by atoms with Gasteiger partial charge >= 0.3 is 6.09 Å². The SMILES string of the molecule is Cc1ccc(NC2C[C@H]3C[C@@H]2N(C(=O)O)C3)cc1. The van der Waals surface area contributed by atoms with Crippen LogP contribution in [0.2, 0.25) is 0 Å². The van der Waals surface area contributed by atoms with Crippen LogP contribution in [0.15, 0.2) is 24.3 Å². The number of aryl methyl sites for hydroxylation is 1. The lowest BCUT2D eigenvalue weighted by Crippen LogP contribution is -2.47. The molecule has 2 fully saturated rings. The molecule has 4 nitrogen and oxygen atoms in total. The molecule has 1 heterocycles. The quantitative estimate of drug-likeness (QED) is 0.843. The highest BCUT2D eigenvalue weighted by molar-refractivity contribution is 5.66. The van der Waals surface area contributed by atoms with Crippen LogP contribution in [-0.4, -0.2) is 34.7 Å². The van der Waals surface area contributed by atoms with E-state index in [-0.39, 0.29) is 12.1 Å². The number of nitrogens with zero attached hydrogens (tertiary/aromatic N) is 1. The zero-order chi connectivity index (χ0) is 12.7. The average Bonchev–Trinajstić information content (AvgIpc) is 2.91. The van der Waals surface area contributed by atoms with E-state index in [4.69, 9.17) is 5.11 Å². The number of rotatable bonds is 2. The van der Waals surface area contributed by atoms with Crippen LogP contribution in [0.5, 0.6) is 0 Å². The van der Waals surface area contributed by atoms with E-state index in [1.807, 2.05) is 0 Å². The zero-order valence-corrected chi connectivity index (χ0v) is 10.5. The van der Waals surface area contributed by atoms with Gasteiger partial charge in [-0.3, -0.25) is 0 Å². The van der Waals surface area contributed by atoms with Crippen molar-refractivity contribution in [3.8, 4) is 0 Å². The second-order valence-electron chi connectivity index (χ2n) is 5.46. The van der Waals surface area contributed by atoms with E-state index in [0.29, 0.717) is 12.5 Å². The third-order valence-corrected chi connectivity index (χ3v) is 4.13. The van der Waals surface area contributed by atoms with E-state index >= 15 is 0 Å². The number of carboxylic acid groups (broad SMARTS) is 1. The summed E-state index contributed by atoms with van der Waals surface area (Å²) in [5.41, 5.74) is 2.32. The molecular weight excluding hydrogens is 228 g/mol. The van der Waals surface area contributed by atoms with E-state index in [2.05, 4.69) is 36.5 Å². The molecule has 96 valence electrons. The predicted molar refractivity (Wildman–Crippen MR) is 69.8 cm³/mol. The Morgan fingerprint density at radius 1 is 1.33 bits per heavy atom. The van der Waals surface area contributed by atoms with Crippen LogP contribution >= 0.6 is 0 Å². The number of hydrogen-bond acceptors (Lipinski definition) is 2. The normalized spacial score (nSPS) is 29.6. The van der Waals surface area contributed by atoms with Crippen molar-refractivity contribution < 1.29 is 9.90 Å². The third-order valence-electron chi connectivity index (χ3n) is 4.13. The van der Waals surface area contributed by atoms with E-state index < -0.39 is 6.09 Å². The molecule has 1 aliphatic carbocycles. The molecule has 0 radical (unpaired) electrons. The molecule has 3 atom stereocenters. The average molecular weight is 246 g/mol. The lowest BCUT2D eigenvalue weighted by atomic mass is 10.1. The summed E-state index contributed by atoms with van der Waals surface area (Å²) in [5, 5.41) is 12.6. The molecule has 4 heteroatoms. The van der Waals surface area contributed by atoms with Crippen LogP contribution in [0.3, 0.4) is 0 Å². The van der Waals surface area contributed by atoms with Gasteiger partial charge in [0.1, 0.15) is 0 Å². The van der Waals surface area contributed by atoms with Gasteiger partial charge in [-0.1, -0.05) is 17.7 Å². The van der Waals surface area contributed by atoms with Crippen LogP contribution in [-0.2, 0) is 0 Å². The lowest BCUT2D eigenvalue weighted by Gasteiger charge is -2.32. The highest BCUT2D eigenvalue weighted by Gasteiger charge is 2.46. The van der Waals surface area contributed by atoms with Crippen LogP contribution in [0.1, 0.15) is 18.4 Å². The Hall–Kier alpha value is -1.71. The Morgan fingerprint density at radius 2 is 2.06 bits per heavy atom. The minimum absolute atomic E-state index is 0.147. The largest absolute Gasteiger partial charge is 0.465 e. The van der Waals surface area contributed by atoms with Crippen molar-refractivity contribution in [3.63, 3.8) is 0 Å². The monoisotopic (exact) mass is 246 g/mol. The molecule has 3 rings (SSSR count). The number of likely N-dealkylation sites (tertiary alicyclic amines) is 1. The van der Waals surface area contributed by atoms with Gasteiger partial charge < -0.3 is 15.3 Å². The summed E-state index contributed by atoms with van der Waals surface area (Å²) in [6.45, 7) is 2.78. The summed E-state index contributed by atoms with van der Waals surface area (Å²) >= 11 is 0. The van der Waals surface area contributed by atoms with Crippen LogP contribution in [0.4, 0.5) is 10.5 Å². The second-order valence-corrected chi connectivity index (χ2v) is 5.46. The maximum Gasteiger partial charge on any atom is 0.407 e. The summed E-state index contributed by atoms with van der Waals surface area (Å²) in [5.74, 6) is 0.536. The molecule has 1 saturated carbocycles. The van der Waals surface area contributed by atoms with Gasteiger partial charge in [0.25, 0.3) is 0 Å². The smallest absolute Gasteiger partial charge is 0.407 e. The third kappa shape index (κ3) is 1.92. The first-order valence-corrected chi connectivity index (χ1v) is 6.46. The first kappa shape index (κ1) is 11.4. The fraction of sp³-hybridized carbons (Fsp3) is 0.500. The molecule has 2 bridgehead atoms. The van der Waals surface area contributed by atoms with Crippen molar-refractivity contribution in [3.05, 3.63) is 29.8 Å². The molecule has 1 aromatic carbocycles. The number of piperidine rings is 1. The van der Waals surface area contributed by atoms with Gasteiger partial charge in [-0.25, -0.2) is 4.79 Å². The Morgan fingerprint density at radius 3 is 2.67 bits per heavy atom. The van der Waals surface area contributed by atoms with Crippen LogP contribution in [0, 0.1) is 12.8 Å². The van der Waals surface area contributed by atoms with Gasteiger partial charge in [0.05, 0.1) is 6.04 Å². The second kappa shape index (κ2) is 4.19. The molecule has 2 N–H and O–H groups in total. The Labute approximate surface area is 107 Å². The number of anilines is 1. The molecule has 1 saturated heterocycles. The summed E-state index contributed by atoms with van der Waals surface area (Å²) in [6, 6.07) is 8.68. The Kier molecular flexibility index (Phi) is 2.65. The van der Waals surface area contributed by atoms with E-state index in [1.54, 1.807) is 4.90 Å². The Bertz CT molecular complexity index is 457. The summed E-state index contributed by atoms with van der Waals surface area (Å²) < 4.78 is 0. The van der Waals surface area contributed by atoms with Gasteiger partial charge in [-0.2, -0.15) is 0 Å². The van der Waals surface area contributed by atoms with Crippen molar-refractivity contribution in [2.24, 2.45) is 5.92 Å². The molecule has 18 heavy (non-hydrogen) atoms. The first-order chi connectivity index (χ1) is 8.63. The molecule has 1 amide bonds. The molecule has 1 aromatic rings. The molecule has 0 spiro atoms. The maximum atomic E-state index is 11.1. The number of hydrogen-bond donors (Lipinski definition) is 2. The molecule has 1 aliphatic heterocycles. The van der Waals surface area contributed by atoms with Crippen molar-refractivity contribution in [2.75, 3.05) is 11.9 Å². The Balaban J connectivity index is 1.71. The fourth-order valence-electron chi connectivity index (χ4n) is 3.26. The highest BCUT2D eigenvalue weighted by Crippen LogP contribution is 2.39. The first-order valence-electron chi connectivity index (χ1n) is 6.46. The van der Waals surface area contributed by atoms with E-state index in [9.17, 15) is 4.79 Å². The number of nitrogens with one attached hydrogen (secondary N) is 1. The molecular formula is C14H18N2O2. The summed E-state index contributed by atoms with van der Waals surface area (Å²) in [6.07, 6.45) is 1.32. The molecule has 1 unspecified atom stereocenters. The number of benzene rings is 1. The van der Waals surface area contributed by atoms with Gasteiger partial charge in [0.2, 0.25) is 0 Å². The number of amides is 1. The minimum Gasteiger partial charge on any atom is -0.465 e. The highest BCUT2D eigenvalue weighted by atomic mass is 16.4. The van der Waals surface area contributed by atoms with Gasteiger partial charge in [-0.05, 0) is 37.8 Å². The van der Waals surface area contributed by atoms with E-state index in [0.717, 1.165) is 18.5 Å². The van der Waals surface area contributed by atoms with Gasteiger partial charge in [-0.15, -0.1) is 0 Å². The van der Waals surface area contributed by atoms with Crippen molar-refractivity contribution >= 4 is 11.8 Å². The summed E-state index contributed by atoms with van der Waals surface area (Å²) in [4.78, 5) is 12.7. The van der Waals surface area contributed by atoms with Crippen LogP contribution in [0.25, 0.3) is 0 Å². The topological polar surface area (TPSA) is 52.6 Å². The molecule has 0 aromatic heterocycles. The number of fused-ring (bicyclic) bond motifs is 2. The standard InChI is InChI=1S/C14H18N2O2/c1-9-2-4-11(5-3-9)15-12-6-10-7-13(12)16(8-10)14(17)18/h2-5,10,12-13,15H,6-8H2,1H3,(H,17,18)/t10-,12?,13-/m0/s1. The zero-order valence-electron chi connectivity index (χ0n) is 10.5. The summed E-state index contributed by atoms with van der Waals surface area (Å²) in [7, 11) is 0. The van der Waals surface area contributed by atoms with Crippen LogP contribution < -0.4 is 5.32 Å². The predicted octanol–water partition coefficient (Wildman–Crippen LogP) is 2.55. The lowest BCUT2D eigenvalue weighted by molar-refractivity contribution is 0.127. The maximum absolute atomic E-state index is 11.1. The van der Waals surface area contributed by atoms with Gasteiger partial charge in [0, 0.05) is 18.3 Å². The number of carbonyl (C=O) groups is 1. The van der Waals surface area contributed by atoms with E-state index in [1.165, 1.54) is 5.56 Å². The van der Waals surface area contributed by atoms with Crippen molar-refractivity contribution in [1.82, 2.24) is 4.90 Å². The fourth-order valence-corrected chi connectivity index (χ4v) is 3.26. The molecule has 2 aliphatic rings.